The molecule has 2 aromatic carbocycles. The first kappa shape index (κ1) is 30.1. The lowest BCUT2D eigenvalue weighted by Gasteiger charge is -2.49. The average molecular weight is 641 g/mol. The summed E-state index contributed by atoms with van der Waals surface area (Å²) in [6.45, 7) is 10.3. The van der Waals surface area contributed by atoms with Crippen molar-refractivity contribution in [2.24, 2.45) is 10.8 Å². The van der Waals surface area contributed by atoms with Gasteiger partial charge in [-0.3, -0.25) is 9.59 Å². The first-order chi connectivity index (χ1) is 19.4. The summed E-state index contributed by atoms with van der Waals surface area (Å²) in [7, 11) is 1.71. The van der Waals surface area contributed by atoms with E-state index in [9.17, 15) is 9.59 Å². The van der Waals surface area contributed by atoms with E-state index in [-0.39, 0.29) is 22.4 Å². The number of carbonyl (C=O) groups excluding carboxylic acids is 2. The number of nitrogens with zero attached hydrogens (tertiary/aromatic N) is 1. The summed E-state index contributed by atoms with van der Waals surface area (Å²) in [4.78, 5) is 30.2. The van der Waals surface area contributed by atoms with Gasteiger partial charge in [0.25, 0.3) is 0 Å². The quantitative estimate of drug-likeness (QED) is 0.271. The fraction of sp³-hybridized carbons (Fsp3) is 0.471. The van der Waals surface area contributed by atoms with E-state index in [0.29, 0.717) is 43.4 Å². The Bertz CT molecular complexity index is 1390. The Morgan fingerprint density at radius 1 is 0.927 bits per heavy atom. The van der Waals surface area contributed by atoms with Crippen LogP contribution in [0.25, 0.3) is 0 Å². The number of carbonyl (C=O) groups is 2. The first-order valence-corrected chi connectivity index (χ1v) is 15.5. The second kappa shape index (κ2) is 11.7. The Morgan fingerprint density at radius 3 is 2.10 bits per heavy atom. The maximum atomic E-state index is 13.9. The highest BCUT2D eigenvalue weighted by Crippen LogP contribution is 2.54. The van der Waals surface area contributed by atoms with Gasteiger partial charge >= 0.3 is 0 Å². The highest BCUT2D eigenvalue weighted by molar-refractivity contribution is 9.10. The SMILES string of the molecule is COCCCN1C2=C(C(=O)CC(C)(C)C2)C(c2ccc(OCc3ccccc3Br)c(Cl)c2)C2=C1CC(C)(C)CC2=O. The third kappa shape index (κ3) is 6.21. The van der Waals surface area contributed by atoms with Crippen molar-refractivity contribution < 1.29 is 19.1 Å². The van der Waals surface area contributed by atoms with Gasteiger partial charge in [0.05, 0.1) is 5.02 Å². The molecule has 0 saturated carbocycles. The van der Waals surface area contributed by atoms with Crippen LogP contribution in [0.15, 0.2) is 69.5 Å². The Morgan fingerprint density at radius 2 is 1.54 bits per heavy atom. The number of methoxy groups -OCH3 is 1. The molecule has 0 saturated heterocycles. The van der Waals surface area contributed by atoms with Crippen LogP contribution in [-0.4, -0.2) is 36.7 Å². The van der Waals surface area contributed by atoms with Crippen molar-refractivity contribution in [3.8, 4) is 5.75 Å². The van der Waals surface area contributed by atoms with E-state index in [2.05, 4.69) is 48.5 Å². The summed E-state index contributed by atoms with van der Waals surface area (Å²) < 4.78 is 12.4. The molecule has 0 bridgehead atoms. The number of rotatable bonds is 8. The molecule has 218 valence electrons. The minimum atomic E-state index is -0.430. The number of benzene rings is 2. The van der Waals surface area contributed by atoms with Gasteiger partial charge in [-0.1, -0.05) is 79.5 Å². The zero-order valence-electron chi connectivity index (χ0n) is 24.6. The smallest absolute Gasteiger partial charge is 0.162 e. The lowest BCUT2D eigenvalue weighted by molar-refractivity contribution is -0.119. The molecule has 0 radical (unpaired) electrons. The zero-order valence-corrected chi connectivity index (χ0v) is 27.0. The van der Waals surface area contributed by atoms with E-state index < -0.39 is 5.92 Å². The summed E-state index contributed by atoms with van der Waals surface area (Å²) in [6.07, 6.45) is 3.29. The largest absolute Gasteiger partial charge is 0.487 e. The molecule has 1 aliphatic heterocycles. The predicted octanol–water partition coefficient (Wildman–Crippen LogP) is 8.40. The van der Waals surface area contributed by atoms with Gasteiger partial charge in [-0.15, -0.1) is 0 Å². The first-order valence-electron chi connectivity index (χ1n) is 14.4. The van der Waals surface area contributed by atoms with Crippen LogP contribution >= 0.6 is 27.5 Å². The number of halogens is 2. The summed E-state index contributed by atoms with van der Waals surface area (Å²) >= 11 is 10.4. The molecule has 2 aromatic rings. The molecule has 1 heterocycles. The van der Waals surface area contributed by atoms with Crippen molar-refractivity contribution in [1.29, 1.82) is 0 Å². The third-order valence-corrected chi connectivity index (χ3v) is 9.45. The van der Waals surface area contributed by atoms with Crippen molar-refractivity contribution in [2.45, 2.75) is 72.3 Å². The van der Waals surface area contributed by atoms with Gasteiger partial charge in [0.1, 0.15) is 12.4 Å². The Balaban J connectivity index is 1.59. The fourth-order valence-electron chi connectivity index (χ4n) is 6.60. The van der Waals surface area contributed by atoms with Gasteiger partial charge in [-0.2, -0.15) is 0 Å². The molecule has 0 amide bonds. The molecule has 0 N–H and O–H groups in total. The predicted molar refractivity (Wildman–Crippen MR) is 166 cm³/mol. The van der Waals surface area contributed by atoms with Crippen LogP contribution in [0.1, 0.15) is 76.8 Å². The van der Waals surface area contributed by atoms with Crippen molar-refractivity contribution in [3.63, 3.8) is 0 Å². The second-order valence-electron chi connectivity index (χ2n) is 13.1. The van der Waals surface area contributed by atoms with Crippen LogP contribution in [0.5, 0.6) is 5.75 Å². The molecule has 7 heteroatoms. The van der Waals surface area contributed by atoms with Crippen LogP contribution < -0.4 is 4.74 Å². The molecule has 2 aliphatic carbocycles. The summed E-state index contributed by atoms with van der Waals surface area (Å²) in [5.41, 5.74) is 5.19. The van der Waals surface area contributed by atoms with Gasteiger partial charge < -0.3 is 14.4 Å². The topological polar surface area (TPSA) is 55.8 Å². The molecule has 0 aromatic heterocycles. The zero-order chi connectivity index (χ0) is 29.5. The lowest BCUT2D eigenvalue weighted by atomic mass is 9.63. The molecule has 0 atom stereocenters. The second-order valence-corrected chi connectivity index (χ2v) is 14.4. The minimum Gasteiger partial charge on any atom is -0.487 e. The molecule has 0 spiro atoms. The molecule has 5 nitrogen and oxygen atoms in total. The van der Waals surface area contributed by atoms with Crippen molar-refractivity contribution in [3.05, 3.63) is 85.6 Å². The standard InChI is InChI=1S/C34H39BrClNO4/c1-33(2)16-25-31(27(38)18-33)30(32-26(37(25)13-8-14-40-5)17-34(3,4)19-28(32)39)21-11-12-29(24(36)15-21)41-20-22-9-6-7-10-23(22)35/h6-7,9-12,15,30H,8,13-14,16-20H2,1-5H3. The fourth-order valence-corrected chi connectivity index (χ4v) is 7.25. The molecule has 0 unspecified atom stereocenters. The Kier molecular flexibility index (Phi) is 8.58. The maximum absolute atomic E-state index is 13.9. The summed E-state index contributed by atoms with van der Waals surface area (Å²) in [5.74, 6) is 0.375. The highest BCUT2D eigenvalue weighted by atomic mass is 79.9. The number of ether oxygens (including phenoxy) is 2. The Hall–Kier alpha value is -2.41. The normalized spacial score (nSPS) is 20.3. The lowest BCUT2D eigenvalue weighted by Crippen LogP contribution is -2.44. The van der Waals surface area contributed by atoms with Gasteiger partial charge in [0, 0.05) is 71.6 Å². The monoisotopic (exact) mass is 639 g/mol. The number of hydrogen-bond donors (Lipinski definition) is 0. The molecule has 5 rings (SSSR count). The van der Waals surface area contributed by atoms with Crippen molar-refractivity contribution in [2.75, 3.05) is 20.3 Å². The van der Waals surface area contributed by atoms with Gasteiger partial charge in [0.2, 0.25) is 0 Å². The maximum Gasteiger partial charge on any atom is 0.162 e. The van der Waals surface area contributed by atoms with E-state index in [1.807, 2.05) is 42.5 Å². The molecular formula is C34H39BrClNO4. The van der Waals surface area contributed by atoms with E-state index in [0.717, 1.165) is 57.4 Å². The third-order valence-electron chi connectivity index (χ3n) is 8.38. The molecule has 41 heavy (non-hydrogen) atoms. The van der Waals surface area contributed by atoms with Gasteiger partial charge in [0.15, 0.2) is 11.6 Å². The van der Waals surface area contributed by atoms with Crippen molar-refractivity contribution >= 4 is 39.1 Å². The van der Waals surface area contributed by atoms with Gasteiger partial charge in [-0.05, 0) is 53.9 Å². The van der Waals surface area contributed by atoms with E-state index in [4.69, 9.17) is 21.1 Å². The number of hydrogen-bond acceptors (Lipinski definition) is 5. The van der Waals surface area contributed by atoms with Crippen molar-refractivity contribution in [1.82, 2.24) is 4.90 Å². The molecular weight excluding hydrogens is 602 g/mol. The van der Waals surface area contributed by atoms with E-state index >= 15 is 0 Å². The molecule has 3 aliphatic rings. The number of ketones is 2. The van der Waals surface area contributed by atoms with E-state index in [1.54, 1.807) is 7.11 Å². The minimum absolute atomic E-state index is 0.118. The number of Topliss-reactive ketones (excluding diaryl/α,β-unsaturated/α-hetero) is 2. The van der Waals surface area contributed by atoms with Gasteiger partial charge in [-0.25, -0.2) is 0 Å². The molecule has 0 fully saturated rings. The Labute approximate surface area is 257 Å². The van der Waals surface area contributed by atoms with E-state index in [1.165, 1.54) is 0 Å². The summed E-state index contributed by atoms with van der Waals surface area (Å²) in [6, 6.07) is 13.6. The van der Waals surface area contributed by atoms with Crippen LogP contribution in [0.3, 0.4) is 0 Å². The van der Waals surface area contributed by atoms with Crippen LogP contribution in [-0.2, 0) is 20.9 Å². The average Bonchev–Trinajstić information content (AvgIpc) is 2.88. The van der Waals surface area contributed by atoms with Crippen LogP contribution in [0.2, 0.25) is 5.02 Å². The highest BCUT2D eigenvalue weighted by Gasteiger charge is 2.48. The van der Waals surface area contributed by atoms with Crippen LogP contribution in [0.4, 0.5) is 0 Å². The summed E-state index contributed by atoms with van der Waals surface area (Å²) in [5, 5.41) is 0.466. The van der Waals surface area contributed by atoms with Crippen LogP contribution in [0, 0.1) is 10.8 Å². The number of allylic oxidation sites excluding steroid dienone is 4.